The van der Waals surface area contributed by atoms with Crippen LogP contribution in [-0.4, -0.2) is 35.4 Å². The standard InChI is InChI=1S/C32H39NO2/c1-2-26-17-19-27(20-18-26)31(34)16-10-5-11-23-33-24-21-30(22-25-33)32(35,28-12-6-3-7-13-28)29-14-8-4-9-15-29/h3-4,6-9,12-15,17-20,30,35H,2,5,10-11,16,21-25H2,1H3. The fraction of sp³-hybridized carbons (Fsp3) is 0.406. The summed E-state index contributed by atoms with van der Waals surface area (Å²) in [5.41, 5.74) is 3.13. The van der Waals surface area contributed by atoms with Crippen LogP contribution in [0.4, 0.5) is 0 Å². The zero-order valence-corrected chi connectivity index (χ0v) is 21.0. The monoisotopic (exact) mass is 469 g/mol. The molecule has 3 heteroatoms. The largest absolute Gasteiger partial charge is 0.380 e. The maximum absolute atomic E-state index is 12.4. The molecule has 0 spiro atoms. The van der Waals surface area contributed by atoms with Gasteiger partial charge in [-0.15, -0.1) is 0 Å². The molecule has 0 unspecified atom stereocenters. The Morgan fingerprint density at radius 3 is 1.94 bits per heavy atom. The highest BCUT2D eigenvalue weighted by molar-refractivity contribution is 5.96. The number of aryl methyl sites for hydroxylation is 1. The van der Waals surface area contributed by atoms with Crippen molar-refractivity contribution in [1.29, 1.82) is 0 Å². The number of hydrogen-bond acceptors (Lipinski definition) is 3. The van der Waals surface area contributed by atoms with Gasteiger partial charge in [-0.1, -0.05) is 98.3 Å². The third-order valence-electron chi connectivity index (χ3n) is 7.67. The van der Waals surface area contributed by atoms with Crippen molar-refractivity contribution in [3.8, 4) is 0 Å². The summed E-state index contributed by atoms with van der Waals surface area (Å²) in [5.74, 6) is 0.454. The molecule has 1 aliphatic heterocycles. The van der Waals surface area contributed by atoms with E-state index < -0.39 is 5.60 Å². The molecule has 35 heavy (non-hydrogen) atoms. The summed E-state index contributed by atoms with van der Waals surface area (Å²) in [5, 5.41) is 12.0. The quantitative estimate of drug-likeness (QED) is 0.253. The second-order valence-electron chi connectivity index (χ2n) is 9.90. The second-order valence-corrected chi connectivity index (χ2v) is 9.90. The third-order valence-corrected chi connectivity index (χ3v) is 7.67. The first-order valence-electron chi connectivity index (χ1n) is 13.3. The predicted octanol–water partition coefficient (Wildman–Crippen LogP) is 6.64. The Kier molecular flexibility index (Phi) is 8.90. The van der Waals surface area contributed by atoms with E-state index in [9.17, 15) is 9.90 Å². The normalized spacial score (nSPS) is 15.3. The summed E-state index contributed by atoms with van der Waals surface area (Å²) in [6.45, 7) is 5.22. The van der Waals surface area contributed by atoms with Crippen molar-refractivity contribution in [2.75, 3.05) is 19.6 Å². The molecule has 0 aliphatic carbocycles. The molecule has 4 rings (SSSR count). The minimum atomic E-state index is -0.954. The van der Waals surface area contributed by atoms with Crippen LogP contribution in [-0.2, 0) is 12.0 Å². The number of benzene rings is 3. The van der Waals surface area contributed by atoms with Crippen LogP contribution in [0.2, 0.25) is 0 Å². The van der Waals surface area contributed by atoms with Crippen molar-refractivity contribution >= 4 is 5.78 Å². The molecule has 3 aromatic carbocycles. The van der Waals surface area contributed by atoms with Gasteiger partial charge in [-0.25, -0.2) is 0 Å². The van der Waals surface area contributed by atoms with Gasteiger partial charge in [0.25, 0.3) is 0 Å². The summed E-state index contributed by atoms with van der Waals surface area (Å²) in [4.78, 5) is 15.0. The summed E-state index contributed by atoms with van der Waals surface area (Å²) in [7, 11) is 0. The van der Waals surface area contributed by atoms with Gasteiger partial charge in [0.05, 0.1) is 0 Å². The topological polar surface area (TPSA) is 40.5 Å². The lowest BCUT2D eigenvalue weighted by Gasteiger charge is -2.42. The average Bonchev–Trinajstić information content (AvgIpc) is 2.93. The lowest BCUT2D eigenvalue weighted by molar-refractivity contribution is -0.0143. The molecule has 0 saturated carbocycles. The summed E-state index contributed by atoms with van der Waals surface area (Å²) in [6.07, 6.45) is 6.74. The summed E-state index contributed by atoms with van der Waals surface area (Å²) >= 11 is 0. The lowest BCUT2D eigenvalue weighted by Crippen LogP contribution is -2.44. The number of nitrogens with zero attached hydrogens (tertiary/aromatic N) is 1. The lowest BCUT2D eigenvalue weighted by atomic mass is 9.72. The van der Waals surface area contributed by atoms with Crippen molar-refractivity contribution in [1.82, 2.24) is 4.90 Å². The Balaban J connectivity index is 1.24. The van der Waals surface area contributed by atoms with E-state index in [-0.39, 0.29) is 11.7 Å². The SMILES string of the molecule is CCc1ccc(C(=O)CCCCCN2CCC(C(O)(c3ccccc3)c3ccccc3)CC2)cc1. The number of ketones is 1. The van der Waals surface area contributed by atoms with Crippen LogP contribution in [0.25, 0.3) is 0 Å². The van der Waals surface area contributed by atoms with Crippen molar-refractivity contribution in [3.63, 3.8) is 0 Å². The van der Waals surface area contributed by atoms with Gasteiger partial charge in [0.1, 0.15) is 5.60 Å². The van der Waals surface area contributed by atoms with Crippen LogP contribution >= 0.6 is 0 Å². The maximum Gasteiger partial charge on any atom is 0.162 e. The highest BCUT2D eigenvalue weighted by atomic mass is 16.3. The zero-order valence-electron chi connectivity index (χ0n) is 21.0. The van der Waals surface area contributed by atoms with Gasteiger partial charge >= 0.3 is 0 Å². The molecular formula is C32H39NO2. The number of Topliss-reactive ketones (excluding diaryl/α,β-unsaturated/α-hetero) is 1. The molecule has 1 saturated heterocycles. The molecule has 184 valence electrons. The third kappa shape index (κ3) is 6.28. The molecule has 0 amide bonds. The van der Waals surface area contributed by atoms with Crippen LogP contribution in [0.3, 0.4) is 0 Å². The molecule has 0 aromatic heterocycles. The molecule has 1 N–H and O–H groups in total. The van der Waals surface area contributed by atoms with Crippen molar-refractivity contribution in [2.45, 2.75) is 57.5 Å². The first kappa shape index (κ1) is 25.3. The minimum Gasteiger partial charge on any atom is -0.380 e. The number of rotatable bonds is 11. The molecule has 3 nitrogen and oxygen atoms in total. The second kappa shape index (κ2) is 12.3. The zero-order chi connectivity index (χ0) is 24.5. The number of unbranched alkanes of at least 4 members (excludes halogenated alkanes) is 2. The van der Waals surface area contributed by atoms with Crippen molar-refractivity contribution in [3.05, 3.63) is 107 Å². The Labute approximate surface area is 210 Å². The van der Waals surface area contributed by atoms with Gasteiger partial charge in [-0.2, -0.15) is 0 Å². The Morgan fingerprint density at radius 1 is 0.829 bits per heavy atom. The van der Waals surface area contributed by atoms with Gasteiger partial charge in [-0.05, 0) is 74.3 Å². The maximum atomic E-state index is 12.4. The molecule has 0 radical (unpaired) electrons. The Morgan fingerprint density at radius 2 is 1.40 bits per heavy atom. The molecule has 3 aromatic rings. The first-order chi connectivity index (χ1) is 17.1. The Bertz CT molecular complexity index is 998. The van der Waals surface area contributed by atoms with E-state index in [1.54, 1.807) is 0 Å². The number of hydrogen-bond donors (Lipinski definition) is 1. The molecule has 1 aliphatic rings. The molecule has 1 fully saturated rings. The number of piperidine rings is 1. The van der Waals surface area contributed by atoms with E-state index in [2.05, 4.69) is 48.2 Å². The molecule has 1 heterocycles. The van der Waals surface area contributed by atoms with E-state index in [1.807, 2.05) is 48.5 Å². The number of carbonyl (C=O) groups excluding carboxylic acids is 1. The van der Waals surface area contributed by atoms with Gasteiger partial charge in [0.2, 0.25) is 0 Å². The van der Waals surface area contributed by atoms with Crippen molar-refractivity contribution < 1.29 is 9.90 Å². The van der Waals surface area contributed by atoms with E-state index in [1.165, 1.54) is 5.56 Å². The van der Waals surface area contributed by atoms with E-state index in [0.717, 1.165) is 74.8 Å². The Hall–Kier alpha value is -2.75. The van der Waals surface area contributed by atoms with Crippen LogP contribution in [0.15, 0.2) is 84.9 Å². The van der Waals surface area contributed by atoms with Gasteiger partial charge < -0.3 is 10.0 Å². The van der Waals surface area contributed by atoms with E-state index in [4.69, 9.17) is 0 Å². The van der Waals surface area contributed by atoms with E-state index in [0.29, 0.717) is 6.42 Å². The first-order valence-corrected chi connectivity index (χ1v) is 13.3. The number of carbonyl (C=O) groups is 1. The highest BCUT2D eigenvalue weighted by Crippen LogP contribution is 2.41. The minimum absolute atomic E-state index is 0.195. The number of aliphatic hydroxyl groups is 1. The number of likely N-dealkylation sites (tertiary alicyclic amines) is 1. The average molecular weight is 470 g/mol. The highest BCUT2D eigenvalue weighted by Gasteiger charge is 2.41. The summed E-state index contributed by atoms with van der Waals surface area (Å²) < 4.78 is 0. The van der Waals surface area contributed by atoms with Gasteiger partial charge in [0, 0.05) is 12.0 Å². The molecule has 0 bridgehead atoms. The fourth-order valence-electron chi connectivity index (χ4n) is 5.47. The van der Waals surface area contributed by atoms with Crippen LogP contribution in [0, 0.1) is 5.92 Å². The van der Waals surface area contributed by atoms with Crippen LogP contribution in [0.5, 0.6) is 0 Å². The molecule has 0 atom stereocenters. The van der Waals surface area contributed by atoms with Crippen molar-refractivity contribution in [2.24, 2.45) is 5.92 Å². The smallest absolute Gasteiger partial charge is 0.162 e. The summed E-state index contributed by atoms with van der Waals surface area (Å²) in [6, 6.07) is 28.4. The fourth-order valence-corrected chi connectivity index (χ4v) is 5.47. The predicted molar refractivity (Wildman–Crippen MR) is 144 cm³/mol. The van der Waals surface area contributed by atoms with Gasteiger partial charge in [-0.3, -0.25) is 4.79 Å². The van der Waals surface area contributed by atoms with Crippen LogP contribution in [0.1, 0.15) is 72.5 Å². The van der Waals surface area contributed by atoms with Crippen LogP contribution < -0.4 is 0 Å². The molecular weight excluding hydrogens is 430 g/mol. The van der Waals surface area contributed by atoms with E-state index >= 15 is 0 Å². The van der Waals surface area contributed by atoms with Gasteiger partial charge in [0.15, 0.2) is 5.78 Å².